The maximum absolute atomic E-state index is 13.4. The second kappa shape index (κ2) is 4.79. The minimum atomic E-state index is -0.183. The normalized spacial score (nSPS) is 27.9. The number of anilines is 2. The average molecular weight is 248 g/mol. The molecule has 2 nitrogen and oxygen atoms in total. The SMILES string of the molecule is Nc1ccc(F)cc1N1CCC[C@H]2CCCC[C@H]21. The maximum Gasteiger partial charge on any atom is 0.125 e. The van der Waals surface area contributed by atoms with E-state index in [9.17, 15) is 4.39 Å². The van der Waals surface area contributed by atoms with Crippen LogP contribution in [0, 0.1) is 11.7 Å². The highest BCUT2D eigenvalue weighted by Crippen LogP contribution is 2.39. The molecule has 0 bridgehead atoms. The summed E-state index contributed by atoms with van der Waals surface area (Å²) >= 11 is 0. The van der Waals surface area contributed by atoms with Crippen LogP contribution >= 0.6 is 0 Å². The van der Waals surface area contributed by atoms with E-state index in [1.54, 1.807) is 12.1 Å². The Balaban J connectivity index is 1.91. The fourth-order valence-electron chi connectivity index (χ4n) is 3.69. The Labute approximate surface area is 108 Å². The lowest BCUT2D eigenvalue weighted by Crippen LogP contribution is -2.47. The first-order chi connectivity index (χ1) is 8.75. The molecule has 0 aromatic heterocycles. The molecule has 0 radical (unpaired) electrons. The zero-order valence-electron chi connectivity index (χ0n) is 10.7. The minimum Gasteiger partial charge on any atom is -0.397 e. The largest absolute Gasteiger partial charge is 0.397 e. The van der Waals surface area contributed by atoms with Crippen LogP contribution in [0.15, 0.2) is 18.2 Å². The van der Waals surface area contributed by atoms with E-state index in [4.69, 9.17) is 5.73 Å². The van der Waals surface area contributed by atoms with Crippen LogP contribution in [-0.2, 0) is 0 Å². The van der Waals surface area contributed by atoms with Gasteiger partial charge in [0.2, 0.25) is 0 Å². The number of rotatable bonds is 1. The molecule has 1 aromatic carbocycles. The Bertz CT molecular complexity index is 431. The molecule has 0 amide bonds. The smallest absolute Gasteiger partial charge is 0.125 e. The van der Waals surface area contributed by atoms with Crippen molar-refractivity contribution in [2.45, 2.75) is 44.6 Å². The number of hydrogen-bond donors (Lipinski definition) is 1. The van der Waals surface area contributed by atoms with Crippen molar-refractivity contribution in [2.24, 2.45) is 5.92 Å². The highest BCUT2D eigenvalue weighted by molar-refractivity contribution is 5.68. The van der Waals surface area contributed by atoms with Gasteiger partial charge in [-0.25, -0.2) is 4.39 Å². The van der Waals surface area contributed by atoms with Crippen LogP contribution in [0.3, 0.4) is 0 Å². The monoisotopic (exact) mass is 248 g/mol. The van der Waals surface area contributed by atoms with Crippen molar-refractivity contribution in [1.29, 1.82) is 0 Å². The summed E-state index contributed by atoms with van der Waals surface area (Å²) in [7, 11) is 0. The topological polar surface area (TPSA) is 29.3 Å². The van der Waals surface area contributed by atoms with Crippen LogP contribution in [0.4, 0.5) is 15.8 Å². The van der Waals surface area contributed by atoms with Gasteiger partial charge in [0, 0.05) is 12.6 Å². The third-order valence-corrected chi connectivity index (χ3v) is 4.55. The van der Waals surface area contributed by atoms with Gasteiger partial charge >= 0.3 is 0 Å². The molecular weight excluding hydrogens is 227 g/mol. The molecule has 2 aliphatic rings. The van der Waals surface area contributed by atoms with Crippen molar-refractivity contribution in [2.75, 3.05) is 17.2 Å². The Morgan fingerprint density at radius 1 is 1.11 bits per heavy atom. The van der Waals surface area contributed by atoms with Crippen LogP contribution in [0.25, 0.3) is 0 Å². The number of hydrogen-bond acceptors (Lipinski definition) is 2. The summed E-state index contributed by atoms with van der Waals surface area (Å²) in [6, 6.07) is 5.32. The highest BCUT2D eigenvalue weighted by Gasteiger charge is 2.33. The van der Waals surface area contributed by atoms with E-state index in [-0.39, 0.29) is 5.82 Å². The van der Waals surface area contributed by atoms with Gasteiger partial charge in [0.15, 0.2) is 0 Å². The Morgan fingerprint density at radius 3 is 2.78 bits per heavy atom. The summed E-state index contributed by atoms with van der Waals surface area (Å²) in [4.78, 5) is 2.37. The maximum atomic E-state index is 13.4. The first kappa shape index (κ1) is 11.8. The fraction of sp³-hybridized carbons (Fsp3) is 0.600. The molecular formula is C15H21FN2. The van der Waals surface area contributed by atoms with Crippen LogP contribution in [0.2, 0.25) is 0 Å². The van der Waals surface area contributed by atoms with E-state index in [0.29, 0.717) is 11.7 Å². The van der Waals surface area contributed by atoms with Gasteiger partial charge in [-0.3, -0.25) is 0 Å². The molecule has 1 saturated heterocycles. The summed E-state index contributed by atoms with van der Waals surface area (Å²) in [5, 5.41) is 0. The molecule has 18 heavy (non-hydrogen) atoms. The van der Waals surface area contributed by atoms with Gasteiger partial charge < -0.3 is 10.6 Å². The van der Waals surface area contributed by atoms with Crippen LogP contribution in [0.5, 0.6) is 0 Å². The summed E-state index contributed by atoms with van der Waals surface area (Å²) in [5.41, 5.74) is 7.65. The van der Waals surface area contributed by atoms with Crippen LogP contribution in [0.1, 0.15) is 38.5 Å². The molecule has 1 aromatic rings. The zero-order chi connectivity index (χ0) is 12.5. The molecule has 0 unspecified atom stereocenters. The standard InChI is InChI=1S/C15H21FN2/c16-12-7-8-13(17)15(10-12)18-9-3-5-11-4-1-2-6-14(11)18/h7-8,10-11,14H,1-6,9,17H2/t11-,14-/m1/s1. The van der Waals surface area contributed by atoms with Gasteiger partial charge in [0.05, 0.1) is 11.4 Å². The molecule has 2 atom stereocenters. The van der Waals surface area contributed by atoms with Gasteiger partial charge in [0.1, 0.15) is 5.82 Å². The van der Waals surface area contributed by atoms with E-state index in [1.165, 1.54) is 44.6 Å². The predicted molar refractivity (Wildman–Crippen MR) is 73.1 cm³/mol. The summed E-state index contributed by atoms with van der Waals surface area (Å²) < 4.78 is 13.4. The molecule has 98 valence electrons. The van der Waals surface area contributed by atoms with E-state index >= 15 is 0 Å². The number of piperidine rings is 1. The predicted octanol–water partition coefficient (Wildman–Crippen LogP) is 3.57. The minimum absolute atomic E-state index is 0.183. The number of fused-ring (bicyclic) bond motifs is 1. The number of nitrogens with two attached hydrogens (primary N) is 1. The van der Waals surface area contributed by atoms with E-state index in [1.807, 2.05) is 0 Å². The number of benzene rings is 1. The molecule has 1 heterocycles. The number of nitrogens with zero attached hydrogens (tertiary/aromatic N) is 1. The molecule has 1 saturated carbocycles. The van der Waals surface area contributed by atoms with E-state index in [0.717, 1.165) is 18.2 Å². The first-order valence-electron chi connectivity index (χ1n) is 7.07. The van der Waals surface area contributed by atoms with Gasteiger partial charge in [-0.2, -0.15) is 0 Å². The van der Waals surface area contributed by atoms with Crippen molar-refractivity contribution in [1.82, 2.24) is 0 Å². The zero-order valence-corrected chi connectivity index (χ0v) is 10.7. The van der Waals surface area contributed by atoms with Gasteiger partial charge in [-0.1, -0.05) is 12.8 Å². The van der Waals surface area contributed by atoms with Crippen molar-refractivity contribution in [3.05, 3.63) is 24.0 Å². The second-order valence-electron chi connectivity index (χ2n) is 5.65. The quantitative estimate of drug-likeness (QED) is 0.770. The lowest BCUT2D eigenvalue weighted by atomic mass is 9.78. The van der Waals surface area contributed by atoms with Gasteiger partial charge in [0.25, 0.3) is 0 Å². The van der Waals surface area contributed by atoms with Crippen LogP contribution in [-0.4, -0.2) is 12.6 Å². The number of halogens is 1. The summed E-state index contributed by atoms with van der Waals surface area (Å²) in [6.45, 7) is 1.02. The van der Waals surface area contributed by atoms with E-state index < -0.39 is 0 Å². The second-order valence-corrected chi connectivity index (χ2v) is 5.65. The highest BCUT2D eigenvalue weighted by atomic mass is 19.1. The Morgan fingerprint density at radius 2 is 1.89 bits per heavy atom. The lowest BCUT2D eigenvalue weighted by Gasteiger charge is -2.45. The van der Waals surface area contributed by atoms with Crippen molar-refractivity contribution in [3.8, 4) is 0 Å². The third kappa shape index (κ3) is 2.06. The molecule has 1 aliphatic heterocycles. The number of nitrogen functional groups attached to an aromatic ring is 1. The van der Waals surface area contributed by atoms with Crippen molar-refractivity contribution in [3.63, 3.8) is 0 Å². The van der Waals surface area contributed by atoms with Crippen molar-refractivity contribution >= 4 is 11.4 Å². The summed E-state index contributed by atoms with van der Waals surface area (Å²) in [6.07, 6.45) is 7.76. The molecule has 1 aliphatic carbocycles. The Hall–Kier alpha value is -1.25. The van der Waals surface area contributed by atoms with Crippen LogP contribution < -0.4 is 10.6 Å². The lowest BCUT2D eigenvalue weighted by molar-refractivity contribution is 0.244. The Kier molecular flexibility index (Phi) is 3.14. The van der Waals surface area contributed by atoms with Gasteiger partial charge in [-0.15, -0.1) is 0 Å². The molecule has 3 rings (SSSR count). The summed E-state index contributed by atoms with van der Waals surface area (Å²) in [5.74, 6) is 0.604. The molecule has 0 spiro atoms. The molecule has 3 heteroatoms. The first-order valence-corrected chi connectivity index (χ1v) is 7.07. The third-order valence-electron chi connectivity index (χ3n) is 4.55. The fourth-order valence-corrected chi connectivity index (χ4v) is 3.69. The van der Waals surface area contributed by atoms with E-state index in [2.05, 4.69) is 4.90 Å². The van der Waals surface area contributed by atoms with Crippen molar-refractivity contribution < 1.29 is 4.39 Å². The van der Waals surface area contributed by atoms with Gasteiger partial charge in [-0.05, 0) is 49.8 Å². The molecule has 2 fully saturated rings. The molecule has 2 N–H and O–H groups in total. The average Bonchev–Trinajstić information content (AvgIpc) is 2.41.